The predicted molar refractivity (Wildman–Crippen MR) is 58.5 cm³/mol. The largest absolute Gasteiger partial charge is 0.469 e. The van der Waals surface area contributed by atoms with Crippen LogP contribution in [0.1, 0.15) is 20.3 Å². The zero-order valence-corrected chi connectivity index (χ0v) is 10.8. The Morgan fingerprint density at radius 2 is 1.67 bits per heavy atom. The Hall–Kier alpha value is -1.43. The topological polar surface area (TPSA) is 78.9 Å². The number of ether oxygens (including phenoxy) is 3. The molecule has 0 amide bonds. The highest BCUT2D eigenvalue weighted by atomic mass is 16.6. The molecule has 4 atom stereocenters. The van der Waals surface area contributed by atoms with E-state index in [0.29, 0.717) is 0 Å². The van der Waals surface area contributed by atoms with Gasteiger partial charge in [-0.1, -0.05) is 0 Å². The number of esters is 2. The third-order valence-corrected chi connectivity index (χ3v) is 4.01. The van der Waals surface area contributed by atoms with Gasteiger partial charge in [-0.25, -0.2) is 0 Å². The summed E-state index contributed by atoms with van der Waals surface area (Å²) in [4.78, 5) is 35.7. The summed E-state index contributed by atoms with van der Waals surface area (Å²) in [5.74, 6) is -3.10. The quantitative estimate of drug-likeness (QED) is 0.651. The summed E-state index contributed by atoms with van der Waals surface area (Å²) in [5, 5.41) is 0. The zero-order chi connectivity index (χ0) is 13.7. The Morgan fingerprint density at radius 3 is 2.17 bits per heavy atom. The lowest BCUT2D eigenvalue weighted by atomic mass is 9.67. The fourth-order valence-electron chi connectivity index (χ4n) is 3.15. The number of hydrogen-bond donors (Lipinski definition) is 0. The minimum atomic E-state index is -1.29. The number of Topliss-reactive ketones (excluding diaryl/α,β-unsaturated/α-hetero) is 1. The van der Waals surface area contributed by atoms with E-state index in [1.165, 1.54) is 21.1 Å². The molecule has 2 heterocycles. The van der Waals surface area contributed by atoms with Crippen molar-refractivity contribution < 1.29 is 28.6 Å². The normalized spacial score (nSPS) is 41.9. The monoisotopic (exact) mass is 256 g/mol. The van der Waals surface area contributed by atoms with E-state index in [4.69, 9.17) is 14.2 Å². The van der Waals surface area contributed by atoms with Gasteiger partial charge in [0.2, 0.25) is 0 Å². The van der Waals surface area contributed by atoms with E-state index in [9.17, 15) is 14.4 Å². The molecule has 6 nitrogen and oxygen atoms in total. The van der Waals surface area contributed by atoms with Crippen molar-refractivity contribution in [3.05, 3.63) is 0 Å². The van der Waals surface area contributed by atoms with Crippen molar-refractivity contribution in [1.82, 2.24) is 0 Å². The van der Waals surface area contributed by atoms with Gasteiger partial charge in [-0.15, -0.1) is 0 Å². The van der Waals surface area contributed by atoms with Gasteiger partial charge in [-0.2, -0.15) is 0 Å². The van der Waals surface area contributed by atoms with Gasteiger partial charge in [0.1, 0.15) is 17.4 Å². The summed E-state index contributed by atoms with van der Waals surface area (Å²) in [6, 6.07) is 0. The first kappa shape index (κ1) is 13.0. The van der Waals surface area contributed by atoms with Gasteiger partial charge >= 0.3 is 11.9 Å². The van der Waals surface area contributed by atoms with Crippen LogP contribution in [0.2, 0.25) is 0 Å². The predicted octanol–water partition coefficient (Wildman–Crippen LogP) is 0.0852. The molecule has 2 fully saturated rings. The van der Waals surface area contributed by atoms with Gasteiger partial charge in [-0.3, -0.25) is 14.4 Å². The molecule has 0 saturated carbocycles. The van der Waals surface area contributed by atoms with E-state index in [0.717, 1.165) is 0 Å². The first-order chi connectivity index (χ1) is 8.30. The van der Waals surface area contributed by atoms with Crippen LogP contribution in [0.5, 0.6) is 0 Å². The molecule has 0 unspecified atom stereocenters. The second-order valence-electron chi connectivity index (χ2n) is 5.12. The van der Waals surface area contributed by atoms with Gasteiger partial charge in [0.15, 0.2) is 5.78 Å². The van der Waals surface area contributed by atoms with E-state index in [1.54, 1.807) is 6.92 Å². The lowest BCUT2D eigenvalue weighted by Gasteiger charge is -2.31. The molecular formula is C12H16O6. The van der Waals surface area contributed by atoms with Crippen LogP contribution in [0.3, 0.4) is 0 Å². The molecule has 2 aliphatic heterocycles. The molecule has 2 aliphatic rings. The van der Waals surface area contributed by atoms with Crippen molar-refractivity contribution in [1.29, 1.82) is 0 Å². The number of hydrogen-bond acceptors (Lipinski definition) is 6. The SMILES string of the molecule is COC(=O)[C@@H]1[C@@H](C(=O)OC)[C@]2(C)CC(=O)[C@]1(C)O2. The first-order valence-corrected chi connectivity index (χ1v) is 5.69. The highest BCUT2D eigenvalue weighted by Gasteiger charge is 2.72. The maximum atomic E-state index is 12.0. The Morgan fingerprint density at radius 1 is 1.17 bits per heavy atom. The van der Waals surface area contributed by atoms with E-state index in [-0.39, 0.29) is 12.2 Å². The molecule has 18 heavy (non-hydrogen) atoms. The van der Waals surface area contributed by atoms with Crippen LogP contribution in [0.4, 0.5) is 0 Å². The summed E-state index contributed by atoms with van der Waals surface area (Å²) < 4.78 is 15.1. The minimum absolute atomic E-state index is 0.108. The first-order valence-electron chi connectivity index (χ1n) is 5.69. The highest BCUT2D eigenvalue weighted by Crippen LogP contribution is 2.56. The van der Waals surface area contributed by atoms with Gasteiger partial charge in [-0.05, 0) is 13.8 Å². The van der Waals surface area contributed by atoms with Crippen molar-refractivity contribution >= 4 is 17.7 Å². The Bertz CT molecular complexity index is 430. The zero-order valence-electron chi connectivity index (χ0n) is 10.8. The molecule has 0 aromatic carbocycles. The number of methoxy groups -OCH3 is 2. The fraction of sp³-hybridized carbons (Fsp3) is 0.750. The van der Waals surface area contributed by atoms with E-state index >= 15 is 0 Å². The van der Waals surface area contributed by atoms with Crippen LogP contribution >= 0.6 is 0 Å². The van der Waals surface area contributed by atoms with Crippen molar-refractivity contribution in [2.75, 3.05) is 14.2 Å². The molecule has 0 aliphatic carbocycles. The molecule has 100 valence electrons. The third kappa shape index (κ3) is 1.41. The van der Waals surface area contributed by atoms with Gasteiger partial charge in [0, 0.05) is 6.42 Å². The number of ketones is 1. The molecule has 2 saturated heterocycles. The summed E-state index contributed by atoms with van der Waals surface area (Å²) >= 11 is 0. The average molecular weight is 256 g/mol. The lowest BCUT2D eigenvalue weighted by molar-refractivity contribution is -0.162. The molecular weight excluding hydrogens is 240 g/mol. The molecule has 0 radical (unpaired) electrons. The van der Waals surface area contributed by atoms with Crippen molar-refractivity contribution in [3.63, 3.8) is 0 Å². The maximum absolute atomic E-state index is 12.0. The van der Waals surface area contributed by atoms with Gasteiger partial charge in [0.05, 0.1) is 19.8 Å². The van der Waals surface area contributed by atoms with Gasteiger partial charge in [0.25, 0.3) is 0 Å². The van der Waals surface area contributed by atoms with Crippen LogP contribution < -0.4 is 0 Å². The fourth-order valence-corrected chi connectivity index (χ4v) is 3.15. The molecule has 6 heteroatoms. The Balaban J connectivity index is 2.49. The minimum Gasteiger partial charge on any atom is -0.469 e. The summed E-state index contributed by atoms with van der Waals surface area (Å²) in [7, 11) is 2.47. The van der Waals surface area contributed by atoms with Crippen molar-refractivity contribution in [2.24, 2.45) is 11.8 Å². The molecule has 0 N–H and O–H groups in total. The maximum Gasteiger partial charge on any atom is 0.313 e. The molecule has 2 bridgehead atoms. The molecule has 2 rings (SSSR count). The van der Waals surface area contributed by atoms with Crippen molar-refractivity contribution in [2.45, 2.75) is 31.5 Å². The standard InChI is InChI=1S/C12H16O6/c1-11-5-6(13)12(2,18-11)8(10(15)17-4)7(11)9(14)16-3/h7-8H,5H2,1-4H3/t7-,8-,11-,12-/m0/s1. The Labute approximate surface area is 105 Å². The van der Waals surface area contributed by atoms with E-state index < -0.39 is 35.0 Å². The second kappa shape index (κ2) is 3.78. The van der Waals surface area contributed by atoms with E-state index in [2.05, 4.69) is 0 Å². The highest BCUT2D eigenvalue weighted by molar-refractivity contribution is 6.00. The van der Waals surface area contributed by atoms with Crippen LogP contribution in [0, 0.1) is 11.8 Å². The number of carbonyl (C=O) groups excluding carboxylic acids is 3. The summed E-state index contributed by atoms with van der Waals surface area (Å²) in [6.07, 6.45) is 0.108. The molecule has 0 spiro atoms. The average Bonchev–Trinajstić information content (AvgIpc) is 2.69. The van der Waals surface area contributed by atoms with Crippen LogP contribution in [-0.4, -0.2) is 43.1 Å². The Kier molecular flexibility index (Phi) is 2.73. The number of rotatable bonds is 2. The van der Waals surface area contributed by atoms with Crippen LogP contribution in [0.15, 0.2) is 0 Å². The second-order valence-corrected chi connectivity index (χ2v) is 5.12. The molecule has 0 aromatic rings. The summed E-state index contributed by atoms with van der Waals surface area (Å²) in [6.45, 7) is 3.19. The number of carbonyl (C=O) groups is 3. The lowest BCUT2D eigenvalue weighted by Crippen LogP contribution is -2.51. The smallest absolute Gasteiger partial charge is 0.313 e. The van der Waals surface area contributed by atoms with E-state index in [1.807, 2.05) is 0 Å². The summed E-state index contributed by atoms with van der Waals surface area (Å²) in [5.41, 5.74) is -2.28. The number of fused-ring (bicyclic) bond motifs is 2. The third-order valence-electron chi connectivity index (χ3n) is 4.01. The van der Waals surface area contributed by atoms with Gasteiger partial charge < -0.3 is 14.2 Å². The van der Waals surface area contributed by atoms with Crippen LogP contribution in [0.25, 0.3) is 0 Å². The molecule has 0 aromatic heterocycles. The van der Waals surface area contributed by atoms with Crippen molar-refractivity contribution in [3.8, 4) is 0 Å². The van der Waals surface area contributed by atoms with Crippen LogP contribution in [-0.2, 0) is 28.6 Å².